The van der Waals surface area contributed by atoms with Crippen molar-refractivity contribution in [3.05, 3.63) is 120 Å². The van der Waals surface area contributed by atoms with Gasteiger partial charge in [0.25, 0.3) is 5.91 Å². The molecule has 222 valence electrons. The SMILES string of the molecule is COCCNC(=O)c1cc(NC(=O)C(c2ccccc2)c2ccccc2)ccc1N1CCN(c2ccccc2OC)CC1. The number of rotatable bonds is 11. The zero-order valence-corrected chi connectivity index (χ0v) is 24.7. The van der Waals surface area contributed by atoms with E-state index in [1.54, 1.807) is 20.3 Å². The first-order valence-electron chi connectivity index (χ1n) is 14.5. The van der Waals surface area contributed by atoms with Crippen LogP contribution in [0.4, 0.5) is 17.1 Å². The Morgan fingerprint density at radius 1 is 0.744 bits per heavy atom. The third-order valence-corrected chi connectivity index (χ3v) is 7.67. The minimum Gasteiger partial charge on any atom is -0.495 e. The monoisotopic (exact) mass is 578 g/mol. The van der Waals surface area contributed by atoms with Crippen molar-refractivity contribution in [1.82, 2.24) is 5.32 Å². The number of nitrogens with zero attached hydrogens (tertiary/aromatic N) is 2. The van der Waals surface area contributed by atoms with Gasteiger partial charge < -0.3 is 29.9 Å². The number of carbonyl (C=O) groups excluding carboxylic acids is 2. The molecule has 2 N–H and O–H groups in total. The van der Waals surface area contributed by atoms with Crippen molar-refractivity contribution in [1.29, 1.82) is 0 Å². The molecule has 0 aliphatic carbocycles. The molecule has 0 saturated carbocycles. The van der Waals surface area contributed by atoms with E-state index < -0.39 is 5.92 Å². The van der Waals surface area contributed by atoms with Crippen molar-refractivity contribution in [2.75, 3.05) is 68.7 Å². The molecule has 0 bridgehead atoms. The molecule has 1 saturated heterocycles. The summed E-state index contributed by atoms with van der Waals surface area (Å²) in [4.78, 5) is 31.7. The van der Waals surface area contributed by atoms with Crippen LogP contribution in [0.2, 0.25) is 0 Å². The fourth-order valence-electron chi connectivity index (χ4n) is 5.51. The van der Waals surface area contributed by atoms with E-state index in [1.165, 1.54) is 0 Å². The van der Waals surface area contributed by atoms with Gasteiger partial charge in [-0.05, 0) is 41.5 Å². The van der Waals surface area contributed by atoms with Crippen LogP contribution in [0, 0.1) is 0 Å². The van der Waals surface area contributed by atoms with Gasteiger partial charge in [-0.1, -0.05) is 72.8 Å². The molecule has 8 nitrogen and oxygen atoms in total. The van der Waals surface area contributed by atoms with Crippen molar-refractivity contribution in [3.63, 3.8) is 0 Å². The van der Waals surface area contributed by atoms with Gasteiger partial charge in [0.1, 0.15) is 5.75 Å². The van der Waals surface area contributed by atoms with Gasteiger partial charge in [0, 0.05) is 51.2 Å². The van der Waals surface area contributed by atoms with E-state index in [1.807, 2.05) is 91.0 Å². The predicted octanol–water partition coefficient (Wildman–Crippen LogP) is 5.17. The number of anilines is 3. The third kappa shape index (κ3) is 7.16. The zero-order valence-electron chi connectivity index (χ0n) is 24.7. The second kappa shape index (κ2) is 14.4. The first kappa shape index (κ1) is 29.7. The number of amides is 2. The van der Waals surface area contributed by atoms with E-state index in [-0.39, 0.29) is 11.8 Å². The Labute approximate surface area is 253 Å². The van der Waals surface area contributed by atoms with E-state index in [0.717, 1.165) is 54.4 Å². The maximum absolute atomic E-state index is 13.8. The van der Waals surface area contributed by atoms with Crippen LogP contribution in [0.3, 0.4) is 0 Å². The minimum atomic E-state index is -0.496. The number of piperazine rings is 1. The first-order valence-corrected chi connectivity index (χ1v) is 14.5. The quantitative estimate of drug-likeness (QED) is 0.239. The molecule has 1 aliphatic rings. The Hall–Kier alpha value is -4.82. The number of hydrogen-bond acceptors (Lipinski definition) is 6. The van der Waals surface area contributed by atoms with Gasteiger partial charge >= 0.3 is 0 Å². The van der Waals surface area contributed by atoms with Gasteiger partial charge in [-0.15, -0.1) is 0 Å². The van der Waals surface area contributed by atoms with E-state index in [4.69, 9.17) is 9.47 Å². The van der Waals surface area contributed by atoms with Crippen molar-refractivity contribution in [2.45, 2.75) is 5.92 Å². The molecule has 4 aromatic rings. The fraction of sp³-hybridized carbons (Fsp3) is 0.257. The lowest BCUT2D eigenvalue weighted by atomic mass is 9.90. The van der Waals surface area contributed by atoms with E-state index in [0.29, 0.717) is 24.4 Å². The summed E-state index contributed by atoms with van der Waals surface area (Å²) in [5.41, 5.74) is 4.76. The van der Waals surface area contributed by atoms with Crippen LogP contribution in [-0.4, -0.2) is 65.4 Å². The van der Waals surface area contributed by atoms with Gasteiger partial charge in [-0.25, -0.2) is 0 Å². The Morgan fingerprint density at radius 3 is 1.93 bits per heavy atom. The number of para-hydroxylation sites is 2. The highest BCUT2D eigenvalue weighted by atomic mass is 16.5. The van der Waals surface area contributed by atoms with Crippen LogP contribution < -0.4 is 25.2 Å². The van der Waals surface area contributed by atoms with Crippen LogP contribution in [0.1, 0.15) is 27.4 Å². The average Bonchev–Trinajstić information content (AvgIpc) is 3.06. The summed E-state index contributed by atoms with van der Waals surface area (Å²) in [6.07, 6.45) is 0. The number of benzene rings is 4. The van der Waals surface area contributed by atoms with Crippen molar-refractivity contribution in [2.24, 2.45) is 0 Å². The largest absolute Gasteiger partial charge is 0.495 e. The van der Waals surface area contributed by atoms with Crippen LogP contribution >= 0.6 is 0 Å². The smallest absolute Gasteiger partial charge is 0.253 e. The standard InChI is InChI=1S/C35H38N4O4/c1-42-24-19-36-34(40)29-25-28(37-35(41)33(26-11-5-3-6-12-26)27-13-7-4-8-14-27)17-18-30(29)38-20-22-39(23-21-38)31-15-9-10-16-32(31)43-2/h3-18,25,33H,19-24H2,1-2H3,(H,36,40)(H,37,41). The molecule has 1 heterocycles. The maximum atomic E-state index is 13.8. The highest BCUT2D eigenvalue weighted by Crippen LogP contribution is 2.32. The normalized spacial score (nSPS) is 13.1. The molecule has 0 atom stereocenters. The molecule has 0 unspecified atom stereocenters. The van der Waals surface area contributed by atoms with Crippen molar-refractivity contribution < 1.29 is 19.1 Å². The Kier molecular flexibility index (Phi) is 9.92. The van der Waals surface area contributed by atoms with Crippen LogP contribution in [0.5, 0.6) is 5.75 Å². The lowest BCUT2D eigenvalue weighted by Crippen LogP contribution is -2.47. The number of methoxy groups -OCH3 is 2. The summed E-state index contributed by atoms with van der Waals surface area (Å²) in [6.45, 7) is 3.80. The Bertz CT molecular complexity index is 1470. The molecule has 0 spiro atoms. The zero-order chi connectivity index (χ0) is 30.0. The van der Waals surface area contributed by atoms with Crippen LogP contribution in [-0.2, 0) is 9.53 Å². The predicted molar refractivity (Wildman–Crippen MR) is 171 cm³/mol. The van der Waals surface area contributed by atoms with E-state index in [2.05, 4.69) is 26.5 Å². The highest BCUT2D eigenvalue weighted by Gasteiger charge is 2.26. The minimum absolute atomic E-state index is 0.165. The van der Waals surface area contributed by atoms with E-state index >= 15 is 0 Å². The summed E-state index contributed by atoms with van der Waals surface area (Å²) < 4.78 is 10.7. The third-order valence-electron chi connectivity index (χ3n) is 7.67. The van der Waals surface area contributed by atoms with Gasteiger partial charge in [-0.3, -0.25) is 9.59 Å². The molecule has 1 aliphatic heterocycles. The van der Waals surface area contributed by atoms with Crippen LogP contribution in [0.15, 0.2) is 103 Å². The summed E-state index contributed by atoms with van der Waals surface area (Å²) in [6, 6.07) is 33.0. The highest BCUT2D eigenvalue weighted by molar-refractivity contribution is 6.03. The molecule has 5 rings (SSSR count). The number of nitrogens with one attached hydrogen (secondary N) is 2. The van der Waals surface area contributed by atoms with Gasteiger partial charge in [-0.2, -0.15) is 0 Å². The topological polar surface area (TPSA) is 83.1 Å². The molecule has 8 heteroatoms. The van der Waals surface area contributed by atoms with E-state index in [9.17, 15) is 9.59 Å². The van der Waals surface area contributed by atoms with Gasteiger partial charge in [0.2, 0.25) is 5.91 Å². The summed E-state index contributed by atoms with van der Waals surface area (Å²) in [5, 5.41) is 6.04. The molecular weight excluding hydrogens is 540 g/mol. The fourth-order valence-corrected chi connectivity index (χ4v) is 5.51. The molecule has 43 heavy (non-hydrogen) atoms. The Balaban J connectivity index is 1.39. The number of ether oxygens (including phenoxy) is 2. The second-order valence-corrected chi connectivity index (χ2v) is 10.4. The molecule has 0 aromatic heterocycles. The Morgan fingerprint density at radius 2 is 1.33 bits per heavy atom. The van der Waals surface area contributed by atoms with Crippen LogP contribution in [0.25, 0.3) is 0 Å². The molecule has 0 radical (unpaired) electrons. The second-order valence-electron chi connectivity index (χ2n) is 10.4. The van der Waals surface area contributed by atoms with Crippen molar-refractivity contribution >= 4 is 28.9 Å². The first-order chi connectivity index (χ1) is 21.1. The molecule has 1 fully saturated rings. The summed E-state index contributed by atoms with van der Waals surface area (Å²) in [7, 11) is 3.29. The van der Waals surface area contributed by atoms with Crippen molar-refractivity contribution in [3.8, 4) is 5.75 Å². The average molecular weight is 579 g/mol. The molecule has 4 aromatic carbocycles. The molecule has 2 amide bonds. The van der Waals surface area contributed by atoms with Gasteiger partial charge in [0.15, 0.2) is 0 Å². The lowest BCUT2D eigenvalue weighted by Gasteiger charge is -2.38. The number of hydrogen-bond donors (Lipinski definition) is 2. The number of carbonyl (C=O) groups is 2. The summed E-state index contributed by atoms with van der Waals surface area (Å²) in [5.74, 6) is -0.0260. The van der Waals surface area contributed by atoms with Gasteiger partial charge in [0.05, 0.1) is 30.9 Å². The molecular formula is C35H38N4O4. The lowest BCUT2D eigenvalue weighted by molar-refractivity contribution is -0.116. The maximum Gasteiger partial charge on any atom is 0.253 e. The summed E-state index contributed by atoms with van der Waals surface area (Å²) >= 11 is 0.